The minimum absolute atomic E-state index is 0.134. The molecule has 2 aromatic heterocycles. The van der Waals surface area contributed by atoms with Gasteiger partial charge in [-0.15, -0.1) is 0 Å². The Labute approximate surface area is 191 Å². The fraction of sp³-hybridized carbons (Fsp3) is 0.269. The molecule has 2 heterocycles. The highest BCUT2D eigenvalue weighted by atomic mass is 19.1. The van der Waals surface area contributed by atoms with Crippen molar-refractivity contribution >= 4 is 22.4 Å². The van der Waals surface area contributed by atoms with Gasteiger partial charge in [0.1, 0.15) is 0 Å². The van der Waals surface area contributed by atoms with E-state index < -0.39 is 13.3 Å². The van der Waals surface area contributed by atoms with Crippen LogP contribution in [0.3, 0.4) is 0 Å². The van der Waals surface area contributed by atoms with Crippen molar-refractivity contribution < 1.29 is 13.6 Å². The quantitative estimate of drug-likeness (QED) is 0.347. The molecular formula is C26H26F2N4O. The zero-order valence-electron chi connectivity index (χ0n) is 18.3. The maximum absolute atomic E-state index is 13.5. The van der Waals surface area contributed by atoms with Gasteiger partial charge < -0.3 is 9.88 Å². The van der Waals surface area contributed by atoms with Crippen molar-refractivity contribution in [3.8, 4) is 11.3 Å². The van der Waals surface area contributed by atoms with E-state index >= 15 is 0 Å². The van der Waals surface area contributed by atoms with Crippen molar-refractivity contribution in [1.82, 2.24) is 15.0 Å². The fourth-order valence-electron chi connectivity index (χ4n) is 4.06. The van der Waals surface area contributed by atoms with Crippen molar-refractivity contribution in [3.05, 3.63) is 79.0 Å². The summed E-state index contributed by atoms with van der Waals surface area (Å²) in [5.41, 5.74) is 3.32. The third-order valence-electron chi connectivity index (χ3n) is 5.86. The number of fused-ring (bicyclic) bond motifs is 1. The van der Waals surface area contributed by atoms with Crippen molar-refractivity contribution in [2.75, 3.05) is 24.8 Å². The number of nitrogens with zero attached hydrogens (tertiary/aromatic N) is 3. The van der Waals surface area contributed by atoms with E-state index in [1.54, 1.807) is 29.8 Å². The maximum Gasteiger partial charge on any atom is 0.231 e. The number of carbonyl (C=O) groups excluding carboxylic acids is 1. The number of hydrogen-bond donors (Lipinski definition) is 1. The number of alkyl halides is 2. The fourth-order valence-corrected chi connectivity index (χ4v) is 4.06. The van der Waals surface area contributed by atoms with Gasteiger partial charge in [0.15, 0.2) is 0 Å². The summed E-state index contributed by atoms with van der Waals surface area (Å²) in [6.45, 7) is -0.828. The van der Waals surface area contributed by atoms with E-state index in [1.807, 2.05) is 48.5 Å². The van der Waals surface area contributed by atoms with Gasteiger partial charge in [0.2, 0.25) is 5.91 Å². The van der Waals surface area contributed by atoms with Crippen molar-refractivity contribution in [2.24, 2.45) is 5.92 Å². The number of imidazole rings is 1. The highest BCUT2D eigenvalue weighted by Gasteiger charge is 2.22. The summed E-state index contributed by atoms with van der Waals surface area (Å²) >= 11 is 0. The van der Waals surface area contributed by atoms with Gasteiger partial charge >= 0.3 is 0 Å². The molecule has 7 heteroatoms. The van der Waals surface area contributed by atoms with Gasteiger partial charge in [-0.3, -0.25) is 18.6 Å². The summed E-state index contributed by atoms with van der Waals surface area (Å²) in [7, 11) is 0. The highest BCUT2D eigenvalue weighted by Crippen LogP contribution is 2.25. The molecule has 1 amide bonds. The molecule has 4 aromatic rings. The van der Waals surface area contributed by atoms with Crippen LogP contribution in [0.1, 0.15) is 18.4 Å². The molecule has 0 aliphatic heterocycles. The lowest BCUT2D eigenvalue weighted by atomic mass is 10.00. The Morgan fingerprint density at radius 1 is 0.939 bits per heavy atom. The minimum atomic E-state index is -0.543. The van der Waals surface area contributed by atoms with Crippen LogP contribution in [0.25, 0.3) is 22.0 Å². The Morgan fingerprint density at radius 2 is 1.70 bits per heavy atom. The molecule has 0 spiro atoms. The second kappa shape index (κ2) is 10.8. The average Bonchev–Trinajstić information content (AvgIpc) is 3.38. The van der Waals surface area contributed by atoms with Gasteiger partial charge in [0.05, 0.1) is 38.0 Å². The average molecular weight is 449 g/mol. The molecular weight excluding hydrogens is 422 g/mol. The third-order valence-corrected chi connectivity index (χ3v) is 5.86. The summed E-state index contributed by atoms with van der Waals surface area (Å²) in [4.78, 5) is 26.5. The number of H-pyrrole nitrogens is 1. The first-order chi connectivity index (χ1) is 16.2. The van der Waals surface area contributed by atoms with Gasteiger partial charge in [-0.2, -0.15) is 0 Å². The SMILES string of the molecule is O=C(Cc1cncc2ccccc12)N(CC(CCF)CCF)c1ccc(-c2cnc[nH]2)cc1. The molecule has 1 N–H and O–H groups in total. The molecule has 0 saturated heterocycles. The first-order valence-corrected chi connectivity index (χ1v) is 11.0. The molecule has 5 nitrogen and oxygen atoms in total. The van der Waals surface area contributed by atoms with Gasteiger partial charge in [0.25, 0.3) is 0 Å². The van der Waals surface area contributed by atoms with E-state index in [-0.39, 0.29) is 37.6 Å². The van der Waals surface area contributed by atoms with Gasteiger partial charge in [-0.1, -0.05) is 36.4 Å². The number of aromatic nitrogens is 3. The number of benzene rings is 2. The van der Waals surface area contributed by atoms with Gasteiger partial charge in [-0.25, -0.2) is 4.98 Å². The number of anilines is 1. The molecule has 0 fully saturated rings. The molecule has 0 aliphatic rings. The predicted octanol–water partition coefficient (Wildman–Crippen LogP) is 5.54. The summed E-state index contributed by atoms with van der Waals surface area (Å²) < 4.78 is 26.2. The summed E-state index contributed by atoms with van der Waals surface area (Å²) in [6, 6.07) is 15.3. The van der Waals surface area contributed by atoms with Gasteiger partial charge in [-0.05, 0) is 47.4 Å². The largest absolute Gasteiger partial charge is 0.345 e. The van der Waals surface area contributed by atoms with Crippen LogP contribution < -0.4 is 4.90 Å². The molecule has 170 valence electrons. The lowest BCUT2D eigenvalue weighted by Crippen LogP contribution is -2.37. The molecule has 2 aromatic carbocycles. The number of hydrogen-bond acceptors (Lipinski definition) is 3. The van der Waals surface area contributed by atoms with Crippen LogP contribution in [0.2, 0.25) is 0 Å². The van der Waals surface area contributed by atoms with E-state index in [0.717, 1.165) is 27.6 Å². The zero-order valence-corrected chi connectivity index (χ0v) is 18.3. The Bertz CT molecular complexity index is 1170. The van der Waals surface area contributed by atoms with Crippen molar-refractivity contribution in [3.63, 3.8) is 0 Å². The second-order valence-electron chi connectivity index (χ2n) is 8.03. The lowest BCUT2D eigenvalue weighted by molar-refractivity contribution is -0.118. The molecule has 0 aliphatic carbocycles. The van der Waals surface area contributed by atoms with E-state index in [9.17, 15) is 13.6 Å². The smallest absolute Gasteiger partial charge is 0.231 e. The van der Waals surface area contributed by atoms with Crippen LogP contribution in [-0.2, 0) is 11.2 Å². The first kappa shape index (κ1) is 22.6. The van der Waals surface area contributed by atoms with Crippen LogP contribution in [0.5, 0.6) is 0 Å². The Hall–Kier alpha value is -3.61. The van der Waals surface area contributed by atoms with Gasteiger partial charge in [0, 0.05) is 30.0 Å². The summed E-state index contributed by atoms with van der Waals surface area (Å²) in [6.07, 6.45) is 7.40. The molecule has 0 atom stereocenters. The van der Waals surface area contributed by atoms with E-state index in [0.29, 0.717) is 5.69 Å². The molecule has 0 bridgehead atoms. The number of pyridine rings is 1. The normalized spacial score (nSPS) is 11.2. The van der Waals surface area contributed by atoms with Crippen molar-refractivity contribution in [2.45, 2.75) is 19.3 Å². The second-order valence-corrected chi connectivity index (χ2v) is 8.03. The van der Waals surface area contributed by atoms with Crippen LogP contribution in [0, 0.1) is 5.92 Å². The molecule has 0 radical (unpaired) electrons. The maximum atomic E-state index is 13.5. The van der Waals surface area contributed by atoms with E-state index in [2.05, 4.69) is 15.0 Å². The number of carbonyl (C=O) groups is 1. The molecule has 4 rings (SSSR count). The number of halogens is 2. The van der Waals surface area contributed by atoms with Crippen LogP contribution in [0.4, 0.5) is 14.5 Å². The summed E-state index contributed by atoms with van der Waals surface area (Å²) in [5, 5.41) is 1.94. The topological polar surface area (TPSA) is 61.9 Å². The van der Waals surface area contributed by atoms with E-state index in [1.165, 1.54) is 0 Å². The van der Waals surface area contributed by atoms with E-state index in [4.69, 9.17) is 0 Å². The van der Waals surface area contributed by atoms with Crippen LogP contribution >= 0.6 is 0 Å². The summed E-state index contributed by atoms with van der Waals surface area (Å²) in [5.74, 6) is -0.396. The van der Waals surface area contributed by atoms with Crippen molar-refractivity contribution in [1.29, 1.82) is 0 Å². The molecule has 0 unspecified atom stereocenters. The lowest BCUT2D eigenvalue weighted by Gasteiger charge is -2.28. The number of rotatable bonds is 10. The number of aromatic amines is 1. The first-order valence-electron chi connectivity index (χ1n) is 11.0. The minimum Gasteiger partial charge on any atom is -0.345 e. The van der Waals surface area contributed by atoms with Crippen LogP contribution in [-0.4, -0.2) is 40.8 Å². The molecule has 33 heavy (non-hydrogen) atoms. The third kappa shape index (κ3) is 5.42. The standard InChI is InChI=1S/C26H26F2N4O/c27-11-9-19(10-12-28)17-32(23-7-5-20(6-8-23)25-16-30-18-31-25)26(33)13-22-15-29-14-21-3-1-2-4-24(21)22/h1-8,14-16,18-19H,9-13,17H2,(H,30,31). The Kier molecular flexibility index (Phi) is 7.40. The zero-order chi connectivity index (χ0) is 23.0. The Balaban J connectivity index is 1.63. The highest BCUT2D eigenvalue weighted by molar-refractivity contribution is 5.97. The van der Waals surface area contributed by atoms with Crippen LogP contribution in [0.15, 0.2) is 73.4 Å². The number of amides is 1. The monoisotopic (exact) mass is 448 g/mol. The predicted molar refractivity (Wildman–Crippen MR) is 126 cm³/mol. The Morgan fingerprint density at radius 3 is 2.39 bits per heavy atom. The molecule has 0 saturated carbocycles. The number of nitrogens with one attached hydrogen (secondary N) is 1.